The molecule has 67 heavy (non-hydrogen) atoms. The first-order chi connectivity index (χ1) is 32.0. The van der Waals surface area contributed by atoms with E-state index in [9.17, 15) is 43.7 Å². The summed E-state index contributed by atoms with van der Waals surface area (Å²) in [5.74, 6) is -2.91. The highest BCUT2D eigenvalue weighted by atomic mass is 127. The van der Waals surface area contributed by atoms with Crippen molar-refractivity contribution in [2.75, 3.05) is 19.7 Å². The lowest BCUT2D eigenvalue weighted by molar-refractivity contribution is -0.152. The number of phenols is 2. The summed E-state index contributed by atoms with van der Waals surface area (Å²) in [5, 5.41) is 39.1. The number of aromatic nitrogens is 7. The average molecular weight is 1030 g/mol. The number of piperidine rings is 1. The molecule has 0 saturated carbocycles. The van der Waals surface area contributed by atoms with Gasteiger partial charge in [0.05, 0.1) is 29.5 Å². The Balaban J connectivity index is 0.830. The predicted molar refractivity (Wildman–Crippen MR) is 251 cm³/mol. The summed E-state index contributed by atoms with van der Waals surface area (Å²) in [5.41, 5.74) is -0.310. The number of nitrogens with zero attached hydrogens (tertiary/aromatic N) is 7. The fraction of sp³-hybridized carbons (Fsp3) is 0.340. The van der Waals surface area contributed by atoms with E-state index in [1.165, 1.54) is 29.8 Å². The molecule has 5 heterocycles. The number of rotatable bonds is 14. The minimum atomic E-state index is -1.42. The maximum Gasteiger partial charge on any atom is 0.348 e. The van der Waals surface area contributed by atoms with Crippen LogP contribution in [0.4, 0.5) is 8.78 Å². The standard InChI is InChI=1S/C47H47F2IN8O9/c1-25(2)32-19-33(38(61)20-37(32)60)43-52-53-47(66)58(43)30-6-7-36-28(16-30)11-15-55(36)12-8-26-9-13-56(14-10-26)39(62)21-40(63)67-23-31(59)22-57-24-51-44-41(45(57)64)34(42(49)46(65)54(44)3)17-27-4-5-29(50)18-35(27)48/h4-7,11,15-16,18-20,24-26,31,59-61H,8-10,12-14,17,21-23H2,1-3H3,(H,53,66)/t31-/m1/s1. The number of hydrogen-bond donors (Lipinski definition) is 4. The van der Waals surface area contributed by atoms with Crippen molar-refractivity contribution in [3.8, 4) is 28.6 Å². The molecule has 1 amide bonds. The Morgan fingerprint density at radius 1 is 0.970 bits per heavy atom. The number of carbonyl (C=O) groups excluding carboxylic acids is 2. The molecule has 0 spiro atoms. The number of hydrogen-bond acceptors (Lipinski definition) is 11. The fourth-order valence-electron chi connectivity index (χ4n) is 8.65. The highest BCUT2D eigenvalue weighted by molar-refractivity contribution is 14.1. The first kappa shape index (κ1) is 46.8. The van der Waals surface area contributed by atoms with Gasteiger partial charge in [-0.05, 0) is 107 Å². The van der Waals surface area contributed by atoms with Crippen LogP contribution < -0.4 is 16.8 Å². The topological polar surface area (TPSA) is 220 Å². The highest BCUT2D eigenvalue weighted by Gasteiger charge is 2.27. The van der Waals surface area contributed by atoms with Crippen molar-refractivity contribution >= 4 is 56.4 Å². The van der Waals surface area contributed by atoms with Crippen LogP contribution in [0.1, 0.15) is 62.1 Å². The molecule has 20 heteroatoms. The average Bonchev–Trinajstić information content (AvgIpc) is 3.89. The normalized spacial score (nSPS) is 13.8. The number of aromatic amines is 1. The van der Waals surface area contributed by atoms with Gasteiger partial charge in [-0.3, -0.25) is 28.3 Å². The van der Waals surface area contributed by atoms with E-state index in [0.717, 1.165) is 45.6 Å². The number of nitrogens with one attached hydrogen (secondary N) is 1. The summed E-state index contributed by atoms with van der Waals surface area (Å²) in [6.45, 7) is 4.46. The summed E-state index contributed by atoms with van der Waals surface area (Å²) in [6.07, 6.45) is 2.99. The SMILES string of the molecule is CC(C)c1cc(-c2n[nH]c(=O)n2-c2ccc3c(ccn3CCC3CCN(C(=O)CC(=O)OC[C@H](O)Cn4cnc5c(c(Cc6ccc(I)cc6F)c(F)c(=O)n5C)c4=O)CC3)c2)c(O)cc1O. The number of amides is 1. The summed E-state index contributed by atoms with van der Waals surface area (Å²) in [4.78, 5) is 70.9. The van der Waals surface area contributed by atoms with Crippen molar-refractivity contribution in [1.82, 2.24) is 38.3 Å². The van der Waals surface area contributed by atoms with Gasteiger partial charge in [-0.2, -0.15) is 5.10 Å². The molecule has 0 radical (unpaired) electrons. The Morgan fingerprint density at radius 2 is 1.73 bits per heavy atom. The Bertz CT molecular complexity index is 3240. The van der Waals surface area contributed by atoms with Gasteiger partial charge >= 0.3 is 11.7 Å². The lowest BCUT2D eigenvalue weighted by Gasteiger charge is -2.32. The number of aliphatic hydroxyl groups excluding tert-OH is 1. The van der Waals surface area contributed by atoms with Crippen molar-refractivity contribution in [1.29, 1.82) is 0 Å². The maximum absolute atomic E-state index is 15.4. The van der Waals surface area contributed by atoms with Crippen LogP contribution in [0, 0.1) is 21.1 Å². The molecule has 1 fully saturated rings. The molecule has 3 aromatic carbocycles. The zero-order valence-electron chi connectivity index (χ0n) is 36.7. The van der Waals surface area contributed by atoms with Crippen LogP contribution in [-0.2, 0) is 40.9 Å². The van der Waals surface area contributed by atoms with Gasteiger partial charge in [0.2, 0.25) is 5.91 Å². The lowest BCUT2D eigenvalue weighted by Crippen LogP contribution is -2.40. The van der Waals surface area contributed by atoms with Crippen molar-refractivity contribution in [2.45, 2.75) is 71.1 Å². The van der Waals surface area contributed by atoms with Crippen molar-refractivity contribution in [3.05, 3.63) is 130 Å². The van der Waals surface area contributed by atoms with Gasteiger partial charge in [0.1, 0.15) is 42.1 Å². The Morgan fingerprint density at radius 3 is 2.46 bits per heavy atom. The largest absolute Gasteiger partial charge is 0.508 e. The molecule has 0 aliphatic carbocycles. The van der Waals surface area contributed by atoms with E-state index in [1.54, 1.807) is 17.0 Å². The number of phenolic OH excluding ortho intramolecular Hbond substituents is 2. The first-order valence-corrected chi connectivity index (χ1v) is 22.7. The molecule has 8 rings (SSSR count). The quantitative estimate of drug-likeness (QED) is 0.0629. The molecular weight excluding hydrogens is 985 g/mol. The predicted octanol–water partition coefficient (Wildman–Crippen LogP) is 5.22. The van der Waals surface area contributed by atoms with E-state index in [-0.39, 0.29) is 45.4 Å². The summed E-state index contributed by atoms with van der Waals surface area (Å²) >= 11 is 1.92. The third-order valence-electron chi connectivity index (χ3n) is 12.4. The lowest BCUT2D eigenvalue weighted by atomic mass is 9.93. The van der Waals surface area contributed by atoms with Crippen LogP contribution in [0.3, 0.4) is 0 Å². The summed E-state index contributed by atoms with van der Waals surface area (Å²) < 4.78 is 41.3. The second-order valence-electron chi connectivity index (χ2n) is 17.1. The number of esters is 1. The number of H-pyrrole nitrogens is 1. The van der Waals surface area contributed by atoms with Gasteiger partial charge in [0, 0.05) is 65.4 Å². The number of carbonyl (C=O) groups is 2. The smallest absolute Gasteiger partial charge is 0.348 e. The zero-order valence-corrected chi connectivity index (χ0v) is 38.9. The molecule has 0 unspecified atom stereocenters. The minimum absolute atomic E-state index is 0.0416. The number of likely N-dealkylation sites (tertiary alicyclic amines) is 1. The molecule has 4 aromatic heterocycles. The second-order valence-corrected chi connectivity index (χ2v) is 18.4. The highest BCUT2D eigenvalue weighted by Crippen LogP contribution is 2.37. The molecular formula is C47H47F2IN8O9. The van der Waals surface area contributed by atoms with E-state index in [0.29, 0.717) is 45.9 Å². The minimum Gasteiger partial charge on any atom is -0.508 e. The van der Waals surface area contributed by atoms with Crippen molar-refractivity contribution in [2.24, 2.45) is 13.0 Å². The molecule has 17 nitrogen and oxygen atoms in total. The number of fused-ring (bicyclic) bond motifs is 2. The number of aliphatic hydroxyl groups is 1. The maximum atomic E-state index is 15.4. The van der Waals surface area contributed by atoms with Crippen LogP contribution in [0.5, 0.6) is 11.5 Å². The molecule has 7 aromatic rings. The van der Waals surface area contributed by atoms with E-state index in [4.69, 9.17) is 4.74 Å². The Kier molecular flexibility index (Phi) is 13.5. The number of benzene rings is 3. The number of pyridine rings is 1. The van der Waals surface area contributed by atoms with Crippen molar-refractivity contribution in [3.63, 3.8) is 0 Å². The van der Waals surface area contributed by atoms with Gasteiger partial charge in [0.15, 0.2) is 11.6 Å². The van der Waals surface area contributed by atoms with E-state index < -0.39 is 72.4 Å². The molecule has 0 bridgehead atoms. The zero-order chi connectivity index (χ0) is 47.8. The third kappa shape index (κ3) is 9.62. The van der Waals surface area contributed by atoms with E-state index in [2.05, 4.69) is 19.7 Å². The van der Waals surface area contributed by atoms with Gasteiger partial charge in [-0.25, -0.2) is 28.2 Å². The molecule has 1 aliphatic rings. The number of aromatic hydroxyl groups is 2. The molecule has 1 saturated heterocycles. The fourth-order valence-corrected chi connectivity index (χ4v) is 9.11. The van der Waals surface area contributed by atoms with Crippen LogP contribution in [0.25, 0.3) is 39.0 Å². The second kappa shape index (κ2) is 19.3. The van der Waals surface area contributed by atoms with Crippen LogP contribution in [0.2, 0.25) is 0 Å². The number of halogens is 3. The van der Waals surface area contributed by atoms with E-state index >= 15 is 4.39 Å². The van der Waals surface area contributed by atoms with Gasteiger partial charge < -0.3 is 29.5 Å². The number of ether oxygens (including phenoxy) is 1. The summed E-state index contributed by atoms with van der Waals surface area (Å²) in [7, 11) is 1.25. The van der Waals surface area contributed by atoms with Crippen LogP contribution in [-0.4, -0.2) is 91.3 Å². The third-order valence-corrected chi connectivity index (χ3v) is 13.0. The van der Waals surface area contributed by atoms with Gasteiger partial charge in [-0.1, -0.05) is 19.9 Å². The van der Waals surface area contributed by atoms with Crippen molar-refractivity contribution < 1.29 is 38.4 Å². The summed E-state index contributed by atoms with van der Waals surface area (Å²) in [6, 6.07) is 14.7. The van der Waals surface area contributed by atoms with E-state index in [1.807, 2.05) is 66.9 Å². The van der Waals surface area contributed by atoms with Crippen LogP contribution >= 0.6 is 22.6 Å². The molecule has 4 N–H and O–H groups in total. The monoisotopic (exact) mass is 1030 g/mol. The molecule has 350 valence electrons. The molecule has 1 atom stereocenters. The Hall–Kier alpha value is -6.68. The molecule has 1 aliphatic heterocycles. The first-order valence-electron chi connectivity index (χ1n) is 21.6. The Labute approximate surface area is 394 Å². The van der Waals surface area contributed by atoms with Gasteiger partial charge in [-0.15, -0.1) is 0 Å². The van der Waals surface area contributed by atoms with Gasteiger partial charge in [0.25, 0.3) is 11.1 Å². The number of aryl methyl sites for hydroxylation is 2. The van der Waals surface area contributed by atoms with Crippen LogP contribution in [0.15, 0.2) is 81.5 Å².